The Bertz CT molecular complexity index is 897. The third-order valence-electron chi connectivity index (χ3n) is 4.97. The van der Waals surface area contributed by atoms with Crippen molar-refractivity contribution in [3.63, 3.8) is 0 Å². The normalized spacial score (nSPS) is 26.1. The fraction of sp³-hybridized carbons (Fsp3) is 0.364. The van der Waals surface area contributed by atoms with Crippen molar-refractivity contribution >= 4 is 11.9 Å². The molecule has 0 amide bonds. The fourth-order valence-electron chi connectivity index (χ4n) is 3.18. The fourth-order valence-corrected chi connectivity index (χ4v) is 3.18. The molecule has 0 radical (unpaired) electrons. The molecular formula is C22H24O8. The molecule has 1 unspecified atom stereocenters. The third-order valence-corrected chi connectivity index (χ3v) is 4.97. The van der Waals surface area contributed by atoms with Gasteiger partial charge in [0.15, 0.2) is 0 Å². The molecule has 0 aromatic heterocycles. The Kier molecular flexibility index (Phi) is 6.84. The van der Waals surface area contributed by atoms with Gasteiger partial charge in [-0.25, -0.2) is 9.59 Å². The maximum Gasteiger partial charge on any atom is 0.343 e. The second-order valence-corrected chi connectivity index (χ2v) is 7.18. The van der Waals surface area contributed by atoms with E-state index in [0.29, 0.717) is 11.1 Å². The highest BCUT2D eigenvalue weighted by molar-refractivity contribution is 5.92. The molecule has 2 aromatic rings. The Labute approximate surface area is 173 Å². The number of aryl methyl sites for hydroxylation is 1. The Morgan fingerprint density at radius 3 is 2.33 bits per heavy atom. The minimum absolute atomic E-state index is 0.258. The Balaban J connectivity index is 1.61. The zero-order chi connectivity index (χ0) is 21.8. The number of carbonyl (C=O) groups excluding carboxylic acids is 2. The summed E-state index contributed by atoms with van der Waals surface area (Å²) in [6.45, 7) is 2.93. The monoisotopic (exact) mass is 416 g/mol. The second-order valence-electron chi connectivity index (χ2n) is 7.18. The summed E-state index contributed by atoms with van der Waals surface area (Å²) in [5.41, 5.74) is 1.20. The molecule has 1 saturated heterocycles. The van der Waals surface area contributed by atoms with E-state index in [4.69, 9.17) is 14.2 Å². The molecule has 160 valence electrons. The average molecular weight is 416 g/mol. The second kappa shape index (κ2) is 9.36. The van der Waals surface area contributed by atoms with E-state index >= 15 is 0 Å². The van der Waals surface area contributed by atoms with Crippen molar-refractivity contribution < 1.29 is 39.1 Å². The van der Waals surface area contributed by atoms with E-state index in [0.717, 1.165) is 0 Å². The molecule has 5 atom stereocenters. The molecule has 1 fully saturated rings. The van der Waals surface area contributed by atoms with Crippen LogP contribution in [-0.2, 0) is 9.47 Å². The molecule has 0 aliphatic carbocycles. The van der Waals surface area contributed by atoms with Crippen LogP contribution in [0.3, 0.4) is 0 Å². The number of esters is 2. The molecule has 0 bridgehead atoms. The van der Waals surface area contributed by atoms with Crippen LogP contribution in [0.1, 0.15) is 33.2 Å². The van der Waals surface area contributed by atoms with Crippen LogP contribution in [-0.4, -0.2) is 64.4 Å². The number of hydrogen-bond acceptors (Lipinski definition) is 8. The quantitative estimate of drug-likeness (QED) is 0.492. The van der Waals surface area contributed by atoms with Crippen molar-refractivity contribution in [1.82, 2.24) is 0 Å². The number of aliphatic hydroxyl groups excluding tert-OH is 3. The topological polar surface area (TPSA) is 123 Å². The van der Waals surface area contributed by atoms with Crippen molar-refractivity contribution in [3.8, 4) is 5.75 Å². The number of rotatable bonds is 5. The summed E-state index contributed by atoms with van der Waals surface area (Å²) in [4.78, 5) is 24.6. The maximum atomic E-state index is 12.4. The Morgan fingerprint density at radius 2 is 1.67 bits per heavy atom. The maximum absolute atomic E-state index is 12.4. The number of carbonyl (C=O) groups is 2. The number of ether oxygens (including phenoxy) is 3. The lowest BCUT2D eigenvalue weighted by Gasteiger charge is -2.38. The smallest absolute Gasteiger partial charge is 0.343 e. The molecule has 30 heavy (non-hydrogen) atoms. The van der Waals surface area contributed by atoms with E-state index in [1.807, 2.05) is 0 Å². The zero-order valence-electron chi connectivity index (χ0n) is 16.6. The first-order valence-corrected chi connectivity index (χ1v) is 9.52. The summed E-state index contributed by atoms with van der Waals surface area (Å²) < 4.78 is 15.9. The highest BCUT2D eigenvalue weighted by atomic mass is 16.6. The third kappa shape index (κ3) is 4.85. The van der Waals surface area contributed by atoms with Gasteiger partial charge in [0.25, 0.3) is 0 Å². The van der Waals surface area contributed by atoms with Crippen LogP contribution in [0.5, 0.6) is 5.75 Å². The first kappa shape index (κ1) is 21.9. The van der Waals surface area contributed by atoms with Crippen LogP contribution >= 0.6 is 0 Å². The zero-order valence-corrected chi connectivity index (χ0v) is 16.6. The van der Waals surface area contributed by atoms with Crippen molar-refractivity contribution in [3.05, 3.63) is 65.2 Å². The first-order chi connectivity index (χ1) is 14.3. The Hall–Kier alpha value is -2.78. The molecular weight excluding hydrogens is 392 g/mol. The highest BCUT2D eigenvalue weighted by Crippen LogP contribution is 2.23. The predicted octanol–water partition coefficient (Wildman–Crippen LogP) is 1.24. The summed E-state index contributed by atoms with van der Waals surface area (Å²) in [5.74, 6) is -0.879. The Morgan fingerprint density at radius 1 is 0.967 bits per heavy atom. The standard InChI is InChI=1S/C22H24O8/c1-12-10-15(30-21(26)14-6-4-3-5-7-14)8-9-16(12)22(27)28-11-17-19(24)20(25)18(23)13(2)29-17/h3-10,13,17-20,23-25H,11H2,1-2H3/t13?,17-,18+,19+,20-/m1/s1. The number of benzene rings is 2. The first-order valence-electron chi connectivity index (χ1n) is 9.52. The lowest BCUT2D eigenvalue weighted by molar-refractivity contribution is -0.224. The molecule has 8 nitrogen and oxygen atoms in total. The van der Waals surface area contributed by atoms with Crippen LogP contribution in [0.4, 0.5) is 0 Å². The summed E-state index contributed by atoms with van der Waals surface area (Å²) in [6, 6.07) is 13.0. The van der Waals surface area contributed by atoms with Crippen LogP contribution in [0, 0.1) is 6.92 Å². The number of aliphatic hydroxyl groups is 3. The molecule has 0 saturated carbocycles. The largest absolute Gasteiger partial charge is 0.459 e. The SMILES string of the molecule is Cc1cc(OC(=O)c2ccccc2)ccc1C(=O)OC[C@H]1OC(C)[C@H](O)[C@@H](O)[C@H]1O. The van der Waals surface area contributed by atoms with Gasteiger partial charge in [0.1, 0.15) is 36.8 Å². The molecule has 1 aliphatic heterocycles. The highest BCUT2D eigenvalue weighted by Gasteiger charge is 2.42. The summed E-state index contributed by atoms with van der Waals surface area (Å²) in [7, 11) is 0. The molecule has 2 aromatic carbocycles. The van der Waals surface area contributed by atoms with Crippen LogP contribution < -0.4 is 4.74 Å². The lowest BCUT2D eigenvalue weighted by atomic mass is 9.96. The van der Waals surface area contributed by atoms with Gasteiger partial charge < -0.3 is 29.5 Å². The predicted molar refractivity (Wildman–Crippen MR) is 105 cm³/mol. The van der Waals surface area contributed by atoms with E-state index in [9.17, 15) is 24.9 Å². The van der Waals surface area contributed by atoms with Crippen molar-refractivity contribution in [2.75, 3.05) is 6.61 Å². The lowest BCUT2D eigenvalue weighted by Crippen LogP contribution is -2.57. The molecule has 3 rings (SSSR count). The van der Waals surface area contributed by atoms with Gasteiger partial charge >= 0.3 is 11.9 Å². The molecule has 8 heteroatoms. The van der Waals surface area contributed by atoms with Crippen LogP contribution in [0.15, 0.2) is 48.5 Å². The van der Waals surface area contributed by atoms with Crippen molar-refractivity contribution in [2.24, 2.45) is 0 Å². The van der Waals surface area contributed by atoms with Crippen LogP contribution in [0.25, 0.3) is 0 Å². The molecule has 1 heterocycles. The molecule has 1 aliphatic rings. The van der Waals surface area contributed by atoms with Gasteiger partial charge in [0.2, 0.25) is 0 Å². The van der Waals surface area contributed by atoms with E-state index < -0.39 is 42.5 Å². The van der Waals surface area contributed by atoms with E-state index in [2.05, 4.69) is 0 Å². The minimum Gasteiger partial charge on any atom is -0.459 e. The van der Waals surface area contributed by atoms with Gasteiger partial charge in [-0.1, -0.05) is 18.2 Å². The van der Waals surface area contributed by atoms with E-state index in [-0.39, 0.29) is 17.9 Å². The van der Waals surface area contributed by atoms with Gasteiger partial charge in [-0.15, -0.1) is 0 Å². The van der Waals surface area contributed by atoms with Gasteiger partial charge in [-0.05, 0) is 49.7 Å². The van der Waals surface area contributed by atoms with Gasteiger partial charge in [0, 0.05) is 0 Å². The molecule has 0 spiro atoms. The summed E-state index contributed by atoms with van der Waals surface area (Å²) in [5, 5.41) is 29.5. The van der Waals surface area contributed by atoms with Gasteiger partial charge in [0.05, 0.1) is 17.2 Å². The molecule has 3 N–H and O–H groups in total. The van der Waals surface area contributed by atoms with Crippen molar-refractivity contribution in [1.29, 1.82) is 0 Å². The van der Waals surface area contributed by atoms with Gasteiger partial charge in [-0.3, -0.25) is 0 Å². The number of hydrogen-bond donors (Lipinski definition) is 3. The summed E-state index contributed by atoms with van der Waals surface area (Å²) in [6.07, 6.45) is -5.68. The average Bonchev–Trinajstić information content (AvgIpc) is 2.74. The summed E-state index contributed by atoms with van der Waals surface area (Å²) >= 11 is 0. The van der Waals surface area contributed by atoms with E-state index in [1.165, 1.54) is 12.1 Å². The minimum atomic E-state index is -1.39. The van der Waals surface area contributed by atoms with Crippen LogP contribution in [0.2, 0.25) is 0 Å². The van der Waals surface area contributed by atoms with E-state index in [1.54, 1.807) is 50.2 Å². The van der Waals surface area contributed by atoms with Gasteiger partial charge in [-0.2, -0.15) is 0 Å². The van der Waals surface area contributed by atoms with Crippen molar-refractivity contribution in [2.45, 2.75) is 44.4 Å².